The van der Waals surface area contributed by atoms with Crippen LogP contribution in [0, 0.1) is 0 Å². The molecule has 0 amide bonds. The van der Waals surface area contributed by atoms with Gasteiger partial charge in [-0.1, -0.05) is 0 Å². The molecule has 0 saturated heterocycles. The largest absolute Gasteiger partial charge is 3.00 e. The average Bonchev–Trinajstić information content (AvgIpc) is 0. The third-order valence-electron chi connectivity index (χ3n) is 0. The third-order valence-corrected chi connectivity index (χ3v) is 0. The molecule has 0 aliphatic carbocycles. The number of rotatable bonds is 0. The van der Waals surface area contributed by atoms with Crippen LogP contribution in [0.3, 0.4) is 0 Å². The van der Waals surface area contributed by atoms with Gasteiger partial charge in [0.2, 0.25) is 0 Å². The second-order valence-corrected chi connectivity index (χ2v) is 0. The molecule has 0 radical (unpaired) electrons. The van der Waals surface area contributed by atoms with E-state index in [1.165, 1.54) is 0 Å². The monoisotopic (exact) mass is 530 g/mol. The number of hydrogen-bond donors (Lipinski definition) is 0. The first-order valence-electron chi connectivity index (χ1n) is 0. The van der Waals surface area contributed by atoms with Crippen LogP contribution < -0.4 is 131 Å². The van der Waals surface area contributed by atoms with Crippen LogP contribution in [0.2, 0.25) is 0 Å². The molecule has 0 aliphatic rings. The molecule has 0 rings (SSSR count). The van der Waals surface area contributed by atoms with Gasteiger partial charge in [-0.3, -0.25) is 0 Å². The molecule has 8 heavy (non-hydrogen) atoms. The minimum absolute atomic E-state index is 0. The van der Waals surface area contributed by atoms with Crippen LogP contribution in [0.25, 0.3) is 0 Å². The molecular weight excluding hydrogens is 533 g/mol. The van der Waals surface area contributed by atoms with Gasteiger partial charge in [0.15, 0.2) is 0 Å². The van der Waals surface area contributed by atoms with Gasteiger partial charge < -0.3 is 62.0 Å². The van der Waals surface area contributed by atoms with Crippen LogP contribution in [0.1, 0.15) is 0 Å². The summed E-state index contributed by atoms with van der Waals surface area (Å²) in [5, 5.41) is 0. The van der Waals surface area contributed by atoms with Gasteiger partial charge in [-0.15, -0.1) is 0 Å². The molecule has 0 atom stereocenters. The van der Waals surface area contributed by atoms with Gasteiger partial charge in [-0.2, -0.15) is 0 Å². The van der Waals surface area contributed by atoms with Crippen molar-refractivity contribution in [1.29, 1.82) is 0 Å². The Morgan fingerprint density at radius 3 is 0.500 bits per heavy atom. The van der Waals surface area contributed by atoms with Crippen molar-refractivity contribution in [2.45, 2.75) is 0 Å². The van der Waals surface area contributed by atoms with Crippen LogP contribution in [-0.4, -0.2) is 25.8 Å². The van der Waals surface area contributed by atoms with E-state index in [4.69, 9.17) is 0 Å². The van der Waals surface area contributed by atoms with Gasteiger partial charge in [0.05, 0.1) is 0 Å². The van der Waals surface area contributed by atoms with Crippen molar-refractivity contribution in [2.24, 2.45) is 0 Å². The maximum Gasteiger partial charge on any atom is 3.00 e. The predicted molar refractivity (Wildman–Crippen MR) is 5.75 cm³/mol. The zero-order valence-electron chi connectivity index (χ0n) is 3.77. The fraction of sp³-hybridized carbons (Fsp3) is 0. The predicted octanol–water partition coefficient (Wildman–Crippen LogP) is -18.4. The summed E-state index contributed by atoms with van der Waals surface area (Å²) < 4.78 is 0. The molecule has 0 aromatic carbocycles. The molecule has 0 aromatic heterocycles. The van der Waals surface area contributed by atoms with Crippen molar-refractivity contribution in [1.82, 2.24) is 0 Å². The Morgan fingerprint density at radius 1 is 0.500 bits per heavy atom. The molecule has 0 fully saturated rings. The van der Waals surface area contributed by atoms with E-state index in [0.717, 1.165) is 0 Å². The van der Waals surface area contributed by atoms with Crippen LogP contribution in [0.5, 0.6) is 0 Å². The van der Waals surface area contributed by atoms with Crippen LogP contribution in [0.4, 0.5) is 0 Å². The van der Waals surface area contributed by atoms with Crippen molar-refractivity contribution in [3.8, 4) is 0 Å². The Balaban J connectivity index is 0. The molecule has 0 unspecified atom stereocenters. The fourth-order valence-corrected chi connectivity index (χ4v) is 0. The Labute approximate surface area is 174 Å². The summed E-state index contributed by atoms with van der Waals surface area (Å²) in [5.41, 5.74) is 0. The van der Waals surface area contributed by atoms with Gasteiger partial charge in [0.25, 0.3) is 0 Å². The summed E-state index contributed by atoms with van der Waals surface area (Å²) in [6.07, 6.45) is 0. The van der Waals surface area contributed by atoms with E-state index in [0.29, 0.717) is 0 Å². The molecule has 0 bridgehead atoms. The Hall–Kier alpha value is 5.11. The smallest absolute Gasteiger partial charge is 1.00 e. The first-order chi connectivity index (χ1) is 0. The second-order valence-electron chi connectivity index (χ2n) is 0. The Morgan fingerprint density at radius 2 is 0.500 bits per heavy atom. The molecule has 0 heterocycles. The third kappa shape index (κ3) is 43.5. The maximum atomic E-state index is 0. The zero-order chi connectivity index (χ0) is 0. The van der Waals surface area contributed by atoms with Crippen molar-refractivity contribution >= 4 is 25.8 Å². The summed E-state index contributed by atoms with van der Waals surface area (Å²) in [6.45, 7) is 0. The van der Waals surface area contributed by atoms with E-state index >= 15 is 0 Å². The SMILES string of the molecule is [Ag+].[Cl-].[Cl-].[Cl-].[Cl-].[Cl-].[Cs+].[In+3]. The molecule has 0 aliphatic heterocycles. The van der Waals surface area contributed by atoms with Gasteiger partial charge in [-0.05, 0) is 0 Å². The van der Waals surface area contributed by atoms with E-state index < -0.39 is 0 Å². The van der Waals surface area contributed by atoms with E-state index in [9.17, 15) is 0 Å². The molecule has 0 nitrogen and oxygen atoms in total. The van der Waals surface area contributed by atoms with Gasteiger partial charge in [0, 0.05) is 0 Å². The van der Waals surface area contributed by atoms with Crippen molar-refractivity contribution in [3.63, 3.8) is 0 Å². The second kappa shape index (κ2) is 57.2. The van der Waals surface area contributed by atoms with E-state index in [1.54, 1.807) is 0 Å². The van der Waals surface area contributed by atoms with Gasteiger partial charge in [-0.25, -0.2) is 0 Å². The minimum atomic E-state index is 0. The van der Waals surface area contributed by atoms with E-state index in [1.807, 2.05) is 0 Å². The summed E-state index contributed by atoms with van der Waals surface area (Å²) in [5.74, 6) is 0. The quantitative estimate of drug-likeness (QED) is 0.272. The zero-order valence-corrected chi connectivity index (χ0v) is 18.6. The first kappa shape index (κ1) is 73.6. The first-order valence-corrected chi connectivity index (χ1v) is 0. The van der Waals surface area contributed by atoms with Gasteiger partial charge in [0.1, 0.15) is 0 Å². The van der Waals surface area contributed by atoms with Crippen molar-refractivity contribution in [3.05, 3.63) is 0 Å². The summed E-state index contributed by atoms with van der Waals surface area (Å²) in [6, 6.07) is 0. The fourth-order valence-electron chi connectivity index (χ4n) is 0. The maximum absolute atomic E-state index is 0. The molecular formula is AgCl5CsIn. The topological polar surface area (TPSA) is 0 Å². The van der Waals surface area contributed by atoms with Crippen molar-refractivity contribution < 1.29 is 153 Å². The number of hydrogen-bond acceptors (Lipinski definition) is 0. The standard InChI is InChI=1S/Ag.5ClH.Cs.In/h;5*1H;;/q+1;;;;;;+1;+3/p-5. The molecule has 0 N–H and O–H groups in total. The van der Waals surface area contributed by atoms with Crippen LogP contribution in [-0.2, 0) is 22.4 Å². The average molecular weight is 533 g/mol. The molecule has 0 aromatic rings. The van der Waals surface area contributed by atoms with Crippen LogP contribution in [0.15, 0.2) is 0 Å². The molecule has 0 spiro atoms. The summed E-state index contributed by atoms with van der Waals surface area (Å²) >= 11 is 0. The number of halogens is 5. The normalized spacial score (nSPS) is 0. The van der Waals surface area contributed by atoms with Gasteiger partial charge >= 0.3 is 117 Å². The Kier molecular flexibility index (Phi) is 527. The minimum Gasteiger partial charge on any atom is -1.00 e. The Bertz CT molecular complexity index is 12.4. The van der Waals surface area contributed by atoms with E-state index in [2.05, 4.69) is 0 Å². The van der Waals surface area contributed by atoms with E-state index in [-0.39, 0.29) is 179 Å². The van der Waals surface area contributed by atoms with Crippen molar-refractivity contribution in [2.75, 3.05) is 0 Å². The molecule has 0 saturated carbocycles. The molecule has 50 valence electrons. The molecule has 8 heteroatoms. The van der Waals surface area contributed by atoms with Crippen LogP contribution >= 0.6 is 0 Å². The summed E-state index contributed by atoms with van der Waals surface area (Å²) in [7, 11) is 0. The summed E-state index contributed by atoms with van der Waals surface area (Å²) in [4.78, 5) is 0.